The minimum absolute atomic E-state index is 0.0786. The summed E-state index contributed by atoms with van der Waals surface area (Å²) in [6.45, 7) is 21.7. The van der Waals surface area contributed by atoms with Crippen molar-refractivity contribution in [3.63, 3.8) is 0 Å². The van der Waals surface area contributed by atoms with Gasteiger partial charge in [-0.25, -0.2) is 0 Å². The lowest BCUT2D eigenvalue weighted by atomic mass is 10.2. The standard InChI is InChI=1S/C23H55N9O.C20H48N8O/c1-29(2)22-28-23(33)21-32(19-7-17-30(13-3-9-24)14-4-10-25)20-8-18-31(15-5-11-26)16-6-12-27;1-26(2)19-25-20(29)18-28(15-6-12-24-11-3-8-21)17-7-16-27(13-4-9-22)14-5-10-23/h3-22,24-27H2,1-2H3,(H,28,33);24H,3-19,21-23H2,1-2H3,(H,25,29). The lowest BCUT2D eigenvalue weighted by molar-refractivity contribution is -0.123. The Bertz CT molecular complexity index is 906. The van der Waals surface area contributed by atoms with Crippen LogP contribution in [0.2, 0.25) is 0 Å². The van der Waals surface area contributed by atoms with Crippen molar-refractivity contribution in [1.29, 1.82) is 0 Å². The van der Waals surface area contributed by atoms with Crippen LogP contribution in [0, 0.1) is 0 Å². The van der Waals surface area contributed by atoms with E-state index in [-0.39, 0.29) is 11.8 Å². The zero-order valence-corrected chi connectivity index (χ0v) is 40.7. The van der Waals surface area contributed by atoms with Crippen LogP contribution in [-0.2, 0) is 9.59 Å². The number of hydrogen-bond donors (Lipinski definition) is 10. The van der Waals surface area contributed by atoms with E-state index in [9.17, 15) is 9.59 Å². The first kappa shape index (κ1) is 62.4. The van der Waals surface area contributed by atoms with Gasteiger partial charge in [-0.05, 0) is 243 Å². The minimum atomic E-state index is 0.0786. The summed E-state index contributed by atoms with van der Waals surface area (Å²) >= 11 is 0. The van der Waals surface area contributed by atoms with Gasteiger partial charge in [0.15, 0.2) is 0 Å². The molecule has 0 aliphatic carbocycles. The van der Waals surface area contributed by atoms with E-state index >= 15 is 0 Å². The maximum absolute atomic E-state index is 12.5. The smallest absolute Gasteiger partial charge is 0.235 e. The second kappa shape index (κ2) is 47.3. The average molecular weight is 890 g/mol. The zero-order valence-electron chi connectivity index (χ0n) is 40.7. The Labute approximate surface area is 380 Å². The van der Waals surface area contributed by atoms with Crippen LogP contribution in [-0.4, -0.2) is 245 Å². The van der Waals surface area contributed by atoms with Gasteiger partial charge in [0.05, 0.1) is 26.4 Å². The molecule has 2 amide bonds. The molecule has 19 heteroatoms. The minimum Gasteiger partial charge on any atom is -0.342 e. The van der Waals surface area contributed by atoms with Crippen molar-refractivity contribution in [1.82, 2.24) is 50.2 Å². The Morgan fingerprint density at radius 2 is 0.581 bits per heavy atom. The first-order chi connectivity index (χ1) is 30.0. The van der Waals surface area contributed by atoms with Crippen LogP contribution in [0.15, 0.2) is 0 Å². The van der Waals surface area contributed by atoms with E-state index in [4.69, 9.17) is 40.1 Å². The van der Waals surface area contributed by atoms with E-state index in [1.807, 2.05) is 38.0 Å². The first-order valence-electron chi connectivity index (χ1n) is 24.1. The molecule has 0 aliphatic heterocycles. The van der Waals surface area contributed by atoms with Gasteiger partial charge in [0.1, 0.15) is 0 Å². The van der Waals surface area contributed by atoms with Gasteiger partial charge in [-0.15, -0.1) is 0 Å². The number of nitrogens with one attached hydrogen (secondary N) is 3. The SMILES string of the molecule is CN(C)CNC(=O)CN(CCCN(CCCN)CCCN)CCCN(CCCN)CCCN.CN(C)CNC(=O)CN(CCCNCCCN)CCCN(CCCN)CCCN. The molecule has 0 aromatic heterocycles. The predicted molar refractivity (Wildman–Crippen MR) is 263 cm³/mol. The largest absolute Gasteiger partial charge is 0.342 e. The van der Waals surface area contributed by atoms with Crippen molar-refractivity contribution < 1.29 is 9.59 Å². The Kier molecular flexibility index (Phi) is 47.6. The fourth-order valence-corrected chi connectivity index (χ4v) is 6.78. The maximum atomic E-state index is 12.5. The normalized spacial score (nSPS) is 11.8. The third-order valence-corrected chi connectivity index (χ3v) is 10.2. The van der Waals surface area contributed by atoms with Crippen molar-refractivity contribution in [3.05, 3.63) is 0 Å². The molecule has 0 saturated carbocycles. The molecule has 0 atom stereocenters. The summed E-state index contributed by atoms with van der Waals surface area (Å²) in [6, 6.07) is 0. The maximum Gasteiger partial charge on any atom is 0.235 e. The molecule has 0 rings (SSSR count). The van der Waals surface area contributed by atoms with Crippen molar-refractivity contribution in [2.45, 2.75) is 70.6 Å². The molecule has 17 N–H and O–H groups in total. The highest BCUT2D eigenvalue weighted by molar-refractivity contribution is 5.78. The van der Waals surface area contributed by atoms with E-state index in [1.165, 1.54) is 0 Å². The molecule has 0 saturated heterocycles. The average Bonchev–Trinajstić information content (AvgIpc) is 3.25. The van der Waals surface area contributed by atoms with Crippen LogP contribution >= 0.6 is 0 Å². The van der Waals surface area contributed by atoms with Crippen molar-refractivity contribution in [2.75, 3.05) is 199 Å². The summed E-state index contributed by atoms with van der Waals surface area (Å²) in [4.78, 5) is 40.5. The Morgan fingerprint density at radius 1 is 0.339 bits per heavy atom. The summed E-state index contributed by atoms with van der Waals surface area (Å²) in [7, 11) is 7.80. The van der Waals surface area contributed by atoms with E-state index in [0.717, 1.165) is 175 Å². The molecular weight excluding hydrogens is 787 g/mol. The monoisotopic (exact) mass is 890 g/mol. The van der Waals surface area contributed by atoms with Crippen molar-refractivity contribution in [2.24, 2.45) is 40.1 Å². The number of hydrogen-bond acceptors (Lipinski definition) is 17. The number of rotatable bonds is 45. The number of carbonyl (C=O) groups is 2. The molecule has 0 heterocycles. The van der Waals surface area contributed by atoms with Crippen molar-refractivity contribution in [3.8, 4) is 0 Å². The zero-order chi connectivity index (χ0) is 46.5. The molecule has 372 valence electrons. The van der Waals surface area contributed by atoms with Gasteiger partial charge in [-0.2, -0.15) is 0 Å². The van der Waals surface area contributed by atoms with E-state index in [2.05, 4.69) is 40.4 Å². The molecule has 0 aliphatic rings. The van der Waals surface area contributed by atoms with E-state index in [1.54, 1.807) is 0 Å². The van der Waals surface area contributed by atoms with Crippen molar-refractivity contribution >= 4 is 11.8 Å². The van der Waals surface area contributed by atoms with Crippen LogP contribution in [0.4, 0.5) is 0 Å². The number of nitrogens with zero attached hydrogens (tertiary/aromatic N) is 7. The van der Waals surface area contributed by atoms with Gasteiger partial charge in [0.2, 0.25) is 11.8 Å². The fraction of sp³-hybridized carbons (Fsp3) is 0.953. The first-order valence-corrected chi connectivity index (χ1v) is 24.1. The summed E-state index contributed by atoms with van der Waals surface area (Å²) in [5, 5.41) is 9.36. The molecule has 0 fully saturated rings. The van der Waals surface area contributed by atoms with E-state index in [0.29, 0.717) is 65.7 Å². The van der Waals surface area contributed by atoms with E-state index < -0.39 is 0 Å². The molecule has 19 nitrogen and oxygen atoms in total. The Hall–Kier alpha value is -1.66. The van der Waals surface area contributed by atoms with Gasteiger partial charge < -0.3 is 70.8 Å². The van der Waals surface area contributed by atoms with Gasteiger partial charge >= 0.3 is 0 Å². The summed E-state index contributed by atoms with van der Waals surface area (Å²) in [5.41, 5.74) is 39.7. The van der Waals surface area contributed by atoms with Gasteiger partial charge in [0.25, 0.3) is 0 Å². The second-order valence-electron chi connectivity index (χ2n) is 16.9. The van der Waals surface area contributed by atoms with Crippen LogP contribution in [0.1, 0.15) is 70.6 Å². The summed E-state index contributed by atoms with van der Waals surface area (Å²) < 4.78 is 0. The number of carbonyl (C=O) groups excluding carboxylic acids is 2. The molecule has 0 bridgehead atoms. The summed E-state index contributed by atoms with van der Waals surface area (Å²) in [6.07, 6.45) is 11.1. The van der Waals surface area contributed by atoms with Crippen LogP contribution in [0.5, 0.6) is 0 Å². The van der Waals surface area contributed by atoms with Gasteiger partial charge in [0, 0.05) is 0 Å². The molecule has 0 spiro atoms. The number of amides is 2. The molecule has 62 heavy (non-hydrogen) atoms. The summed E-state index contributed by atoms with van der Waals surface area (Å²) in [5.74, 6) is 0.160. The quantitative estimate of drug-likeness (QED) is 0.0221. The van der Waals surface area contributed by atoms with Crippen LogP contribution < -0.4 is 56.1 Å². The fourth-order valence-electron chi connectivity index (χ4n) is 6.78. The van der Waals surface area contributed by atoms with Gasteiger partial charge in [-0.1, -0.05) is 0 Å². The Balaban J connectivity index is 0. The molecule has 0 unspecified atom stereocenters. The van der Waals surface area contributed by atoms with Crippen LogP contribution in [0.25, 0.3) is 0 Å². The Morgan fingerprint density at radius 3 is 0.855 bits per heavy atom. The lowest BCUT2D eigenvalue weighted by Gasteiger charge is -2.27. The topological polar surface area (TPSA) is 275 Å². The molecule has 0 aromatic rings. The highest BCUT2D eigenvalue weighted by Crippen LogP contribution is 2.03. The molecule has 0 radical (unpaired) electrons. The third-order valence-electron chi connectivity index (χ3n) is 10.2. The number of nitrogens with two attached hydrogens (primary N) is 7. The molecular formula is C43H103N17O2. The van der Waals surface area contributed by atoms with Gasteiger partial charge in [-0.3, -0.25) is 29.2 Å². The highest BCUT2D eigenvalue weighted by atomic mass is 16.2. The molecule has 0 aromatic carbocycles. The lowest BCUT2D eigenvalue weighted by Crippen LogP contribution is -2.42. The van der Waals surface area contributed by atoms with Crippen LogP contribution in [0.3, 0.4) is 0 Å². The predicted octanol–water partition coefficient (Wildman–Crippen LogP) is -2.66. The second-order valence-corrected chi connectivity index (χ2v) is 16.9. The highest BCUT2D eigenvalue weighted by Gasteiger charge is 2.15. The third kappa shape index (κ3) is 43.6.